The highest BCUT2D eigenvalue weighted by Crippen LogP contribution is 2.21. The SMILES string of the molecule is CN=C1NC(c2c[nH]c(=O)c(NC(=O)c3ccc(N4CN(CO)C4)cc3)c2)N1. The molecule has 10 nitrogen and oxygen atoms in total. The minimum absolute atomic E-state index is 0.0308. The van der Waals surface area contributed by atoms with Crippen molar-refractivity contribution in [2.24, 2.45) is 4.99 Å². The normalized spacial score (nSPS) is 18.4. The number of anilines is 2. The maximum absolute atomic E-state index is 12.5. The van der Waals surface area contributed by atoms with Gasteiger partial charge in [-0.2, -0.15) is 0 Å². The zero-order chi connectivity index (χ0) is 19.7. The number of amides is 1. The molecule has 2 aliphatic heterocycles. The number of aromatic amines is 1. The third kappa shape index (κ3) is 3.42. The van der Waals surface area contributed by atoms with E-state index in [0.717, 1.165) is 11.3 Å². The van der Waals surface area contributed by atoms with E-state index in [-0.39, 0.29) is 30.1 Å². The van der Waals surface area contributed by atoms with Crippen LogP contribution in [0.2, 0.25) is 0 Å². The van der Waals surface area contributed by atoms with E-state index in [1.54, 1.807) is 31.4 Å². The maximum atomic E-state index is 12.5. The first-order chi connectivity index (χ1) is 13.6. The topological polar surface area (TPSA) is 125 Å². The molecule has 0 spiro atoms. The molecule has 28 heavy (non-hydrogen) atoms. The van der Waals surface area contributed by atoms with Gasteiger partial charge in [0.1, 0.15) is 11.9 Å². The summed E-state index contributed by atoms with van der Waals surface area (Å²) >= 11 is 0. The summed E-state index contributed by atoms with van der Waals surface area (Å²) in [5.74, 6) is 0.311. The fourth-order valence-electron chi connectivity index (χ4n) is 3.04. The van der Waals surface area contributed by atoms with Crippen molar-refractivity contribution in [2.45, 2.75) is 6.17 Å². The largest absolute Gasteiger partial charge is 0.381 e. The van der Waals surface area contributed by atoms with Gasteiger partial charge in [-0.05, 0) is 30.3 Å². The second-order valence-corrected chi connectivity index (χ2v) is 6.61. The van der Waals surface area contributed by atoms with Gasteiger partial charge in [0.15, 0.2) is 5.96 Å². The smallest absolute Gasteiger partial charge is 0.271 e. The number of aromatic nitrogens is 1. The van der Waals surface area contributed by atoms with Crippen LogP contribution < -0.4 is 26.4 Å². The number of nitrogens with zero attached hydrogens (tertiary/aromatic N) is 3. The number of hydrogen-bond acceptors (Lipinski definition) is 6. The number of H-pyrrole nitrogens is 1. The molecule has 2 aromatic rings. The number of carbonyl (C=O) groups excluding carboxylic acids is 1. The number of rotatable bonds is 5. The van der Waals surface area contributed by atoms with Crippen LogP contribution in [0.4, 0.5) is 11.4 Å². The molecule has 1 aromatic heterocycles. The van der Waals surface area contributed by atoms with E-state index in [1.807, 2.05) is 17.0 Å². The first kappa shape index (κ1) is 18.0. The number of aliphatic imine (C=N–C) groups is 1. The summed E-state index contributed by atoms with van der Waals surface area (Å²) in [4.78, 5) is 35.1. The fraction of sp³-hybridized carbons (Fsp3) is 0.278. The fourth-order valence-corrected chi connectivity index (χ4v) is 3.04. The summed E-state index contributed by atoms with van der Waals surface area (Å²) < 4.78 is 0. The Morgan fingerprint density at radius 3 is 2.64 bits per heavy atom. The Bertz CT molecular complexity index is 956. The molecule has 2 saturated heterocycles. The van der Waals surface area contributed by atoms with Crippen LogP contribution in [0, 0.1) is 0 Å². The van der Waals surface area contributed by atoms with Crippen molar-refractivity contribution in [3.05, 3.63) is 58.0 Å². The van der Waals surface area contributed by atoms with Crippen LogP contribution in [0.15, 0.2) is 46.3 Å². The zero-order valence-corrected chi connectivity index (χ0v) is 15.3. The standard InChI is InChI=1S/C18H21N7O3/c1-19-18-22-15(23-18)12-6-14(17(28)20-7-12)21-16(27)11-2-4-13(5-3-11)25-8-24(9-25)10-26/h2-7,15,26H,8-10H2,1H3,(H,20,28)(H,21,27)(H2,19,22,23). The summed E-state index contributed by atoms with van der Waals surface area (Å²) in [6.07, 6.45) is 1.42. The summed E-state index contributed by atoms with van der Waals surface area (Å²) in [6.45, 7) is 1.33. The molecule has 4 rings (SSSR count). The van der Waals surface area contributed by atoms with Gasteiger partial charge in [-0.1, -0.05) is 0 Å². The second kappa shape index (κ2) is 7.33. The van der Waals surface area contributed by atoms with Crippen molar-refractivity contribution in [1.29, 1.82) is 0 Å². The molecule has 1 aromatic carbocycles. The predicted molar refractivity (Wildman–Crippen MR) is 105 cm³/mol. The van der Waals surface area contributed by atoms with Gasteiger partial charge in [0.25, 0.3) is 11.5 Å². The quantitative estimate of drug-likeness (QED) is 0.484. The van der Waals surface area contributed by atoms with Crippen LogP contribution in [0.3, 0.4) is 0 Å². The van der Waals surface area contributed by atoms with E-state index in [4.69, 9.17) is 5.11 Å². The van der Waals surface area contributed by atoms with Gasteiger partial charge in [0.2, 0.25) is 0 Å². The lowest BCUT2D eigenvalue weighted by molar-refractivity contribution is 0.0597. The number of hydrogen-bond donors (Lipinski definition) is 5. The van der Waals surface area contributed by atoms with Crippen LogP contribution in [0.5, 0.6) is 0 Å². The highest BCUT2D eigenvalue weighted by molar-refractivity contribution is 6.04. The lowest BCUT2D eigenvalue weighted by Crippen LogP contribution is -2.57. The molecule has 0 bridgehead atoms. The second-order valence-electron chi connectivity index (χ2n) is 6.61. The Labute approximate surface area is 160 Å². The lowest BCUT2D eigenvalue weighted by Gasteiger charge is -2.42. The summed E-state index contributed by atoms with van der Waals surface area (Å²) in [5.41, 5.74) is 2.01. The third-order valence-corrected chi connectivity index (χ3v) is 4.73. The van der Waals surface area contributed by atoms with Gasteiger partial charge in [0.05, 0.1) is 20.1 Å². The number of pyridine rings is 1. The van der Waals surface area contributed by atoms with Crippen molar-refractivity contribution in [3.63, 3.8) is 0 Å². The Hall–Kier alpha value is -3.37. The highest BCUT2D eigenvalue weighted by atomic mass is 16.3. The number of aliphatic hydroxyl groups excluding tert-OH is 1. The first-order valence-corrected chi connectivity index (χ1v) is 8.79. The Kier molecular flexibility index (Phi) is 4.72. The van der Waals surface area contributed by atoms with Crippen molar-refractivity contribution in [1.82, 2.24) is 20.5 Å². The molecule has 5 N–H and O–H groups in total. The molecule has 0 atom stereocenters. The van der Waals surface area contributed by atoms with Gasteiger partial charge in [0, 0.05) is 30.1 Å². The van der Waals surface area contributed by atoms with Crippen LogP contribution in [-0.2, 0) is 0 Å². The van der Waals surface area contributed by atoms with E-state index in [2.05, 4.69) is 30.8 Å². The first-order valence-electron chi connectivity index (χ1n) is 8.79. The maximum Gasteiger partial charge on any atom is 0.271 e. The van der Waals surface area contributed by atoms with Gasteiger partial charge in [-0.25, -0.2) is 4.90 Å². The Morgan fingerprint density at radius 2 is 2.00 bits per heavy atom. The van der Waals surface area contributed by atoms with E-state index in [1.165, 1.54) is 0 Å². The molecule has 1 amide bonds. The molecule has 0 saturated carbocycles. The van der Waals surface area contributed by atoms with Gasteiger partial charge < -0.3 is 30.9 Å². The van der Waals surface area contributed by atoms with E-state index < -0.39 is 0 Å². The molecular formula is C18H21N7O3. The Morgan fingerprint density at radius 1 is 1.29 bits per heavy atom. The van der Waals surface area contributed by atoms with Crippen LogP contribution >= 0.6 is 0 Å². The number of nitrogens with one attached hydrogen (secondary N) is 4. The Balaban J connectivity index is 1.43. The summed E-state index contributed by atoms with van der Waals surface area (Å²) in [7, 11) is 1.67. The third-order valence-electron chi connectivity index (χ3n) is 4.73. The minimum Gasteiger partial charge on any atom is -0.381 e. The molecule has 10 heteroatoms. The zero-order valence-electron chi connectivity index (χ0n) is 15.3. The van der Waals surface area contributed by atoms with E-state index in [0.29, 0.717) is 24.9 Å². The highest BCUT2D eigenvalue weighted by Gasteiger charge is 2.25. The number of aliphatic hydroxyl groups is 1. The van der Waals surface area contributed by atoms with Gasteiger partial charge in [-0.3, -0.25) is 14.6 Å². The van der Waals surface area contributed by atoms with Gasteiger partial charge in [-0.15, -0.1) is 0 Å². The van der Waals surface area contributed by atoms with Gasteiger partial charge >= 0.3 is 0 Å². The number of guanidine groups is 1. The molecular weight excluding hydrogens is 362 g/mol. The molecule has 0 aliphatic carbocycles. The molecule has 3 heterocycles. The number of benzene rings is 1. The van der Waals surface area contributed by atoms with Crippen molar-refractivity contribution < 1.29 is 9.90 Å². The van der Waals surface area contributed by atoms with Crippen molar-refractivity contribution >= 4 is 23.2 Å². The van der Waals surface area contributed by atoms with Crippen LogP contribution in [0.1, 0.15) is 22.1 Å². The molecule has 0 radical (unpaired) electrons. The summed E-state index contributed by atoms with van der Waals surface area (Å²) in [6, 6.07) is 8.74. The van der Waals surface area contributed by atoms with Crippen molar-refractivity contribution in [2.75, 3.05) is 37.3 Å². The minimum atomic E-state index is -0.373. The predicted octanol–water partition coefficient (Wildman–Crippen LogP) is -0.209. The molecule has 0 unspecified atom stereocenters. The van der Waals surface area contributed by atoms with E-state index in [9.17, 15) is 9.59 Å². The van der Waals surface area contributed by atoms with Crippen LogP contribution in [0.25, 0.3) is 0 Å². The van der Waals surface area contributed by atoms with Crippen molar-refractivity contribution in [3.8, 4) is 0 Å². The molecule has 2 fully saturated rings. The molecule has 146 valence electrons. The van der Waals surface area contributed by atoms with Crippen LogP contribution in [-0.4, -0.2) is 54.0 Å². The summed E-state index contributed by atoms with van der Waals surface area (Å²) in [5, 5.41) is 17.9. The lowest BCUT2D eigenvalue weighted by atomic mass is 10.1. The number of carbonyl (C=O) groups is 1. The molecule has 2 aliphatic rings. The average molecular weight is 383 g/mol. The van der Waals surface area contributed by atoms with E-state index >= 15 is 0 Å². The monoisotopic (exact) mass is 383 g/mol. The average Bonchev–Trinajstić information content (AvgIpc) is 2.63.